The number of halogens is 2. The fraction of sp³-hybridized carbons (Fsp3) is 0.316. The molecule has 4 nitrogen and oxygen atoms in total. The van der Waals surface area contributed by atoms with Crippen LogP contribution in [0.25, 0.3) is 0 Å². The van der Waals surface area contributed by atoms with Gasteiger partial charge in [0.2, 0.25) is 5.91 Å². The molecule has 0 aliphatic heterocycles. The van der Waals surface area contributed by atoms with E-state index >= 15 is 0 Å². The Kier molecular flexibility index (Phi) is 5.63. The number of hydrogen-bond donors (Lipinski definition) is 1. The largest absolute Gasteiger partial charge is 0.324 e. The van der Waals surface area contributed by atoms with Gasteiger partial charge in [-0.3, -0.25) is 4.79 Å². The van der Waals surface area contributed by atoms with Crippen molar-refractivity contribution in [1.29, 1.82) is 0 Å². The number of aryl methyl sites for hydroxylation is 1. The molecule has 7 heteroatoms. The average Bonchev–Trinajstić information content (AvgIpc) is 2.62. The van der Waals surface area contributed by atoms with Crippen LogP contribution in [0, 0.1) is 5.82 Å². The van der Waals surface area contributed by atoms with Gasteiger partial charge in [-0.05, 0) is 48.6 Å². The second kappa shape index (κ2) is 7.76. The maximum Gasteiger partial charge on any atom is 0.225 e. The maximum atomic E-state index is 13.7. The molecule has 3 rings (SSSR count). The van der Waals surface area contributed by atoms with E-state index in [9.17, 15) is 17.6 Å². The third-order valence-corrected chi connectivity index (χ3v) is 6.93. The average molecular weight is 396 g/mol. The Morgan fingerprint density at radius 3 is 2.77 bits per heavy atom. The summed E-state index contributed by atoms with van der Waals surface area (Å²) >= 11 is 5.67. The molecule has 1 amide bonds. The SMILES string of the molecule is O=C(CCS(=O)(=O)C1CCCc2ccccc21)Nc1ccc(Cl)cc1F. The minimum absolute atomic E-state index is 0.0141. The number of nitrogens with one attached hydrogen (secondary N) is 1. The van der Waals surface area contributed by atoms with Gasteiger partial charge in [0.25, 0.3) is 0 Å². The molecule has 0 fully saturated rings. The number of anilines is 1. The van der Waals surface area contributed by atoms with Gasteiger partial charge in [0, 0.05) is 11.4 Å². The molecule has 1 unspecified atom stereocenters. The summed E-state index contributed by atoms with van der Waals surface area (Å²) in [5.41, 5.74) is 1.88. The van der Waals surface area contributed by atoms with Crippen LogP contribution in [0.15, 0.2) is 42.5 Å². The first-order valence-corrected chi connectivity index (χ1v) is 10.5. The summed E-state index contributed by atoms with van der Waals surface area (Å²) < 4.78 is 39.2. The monoisotopic (exact) mass is 395 g/mol. The van der Waals surface area contributed by atoms with Gasteiger partial charge in [-0.25, -0.2) is 12.8 Å². The quantitative estimate of drug-likeness (QED) is 0.820. The summed E-state index contributed by atoms with van der Waals surface area (Å²) in [6.45, 7) is 0. The highest BCUT2D eigenvalue weighted by Gasteiger charge is 2.31. The van der Waals surface area contributed by atoms with Crippen molar-refractivity contribution >= 4 is 33.0 Å². The second-order valence-corrected chi connectivity index (χ2v) is 9.11. The number of sulfone groups is 1. The van der Waals surface area contributed by atoms with E-state index in [0.29, 0.717) is 6.42 Å². The molecule has 0 spiro atoms. The minimum Gasteiger partial charge on any atom is -0.324 e. The van der Waals surface area contributed by atoms with Crippen LogP contribution in [-0.4, -0.2) is 20.1 Å². The van der Waals surface area contributed by atoms with E-state index in [2.05, 4.69) is 5.32 Å². The number of carbonyl (C=O) groups is 1. The summed E-state index contributed by atoms with van der Waals surface area (Å²) in [5.74, 6) is -1.47. The molecular weight excluding hydrogens is 377 g/mol. The number of fused-ring (bicyclic) bond motifs is 1. The van der Waals surface area contributed by atoms with Crippen molar-refractivity contribution in [2.45, 2.75) is 30.9 Å². The van der Waals surface area contributed by atoms with Gasteiger partial charge in [0.05, 0.1) is 16.7 Å². The summed E-state index contributed by atoms with van der Waals surface area (Å²) in [7, 11) is -3.48. The highest BCUT2D eigenvalue weighted by molar-refractivity contribution is 7.91. The normalized spacial score (nSPS) is 16.8. The Bertz CT molecular complexity index is 930. The van der Waals surface area contributed by atoms with Gasteiger partial charge in [0.1, 0.15) is 5.82 Å². The summed E-state index contributed by atoms with van der Waals surface area (Å²) in [5, 5.41) is 2.04. The fourth-order valence-corrected chi connectivity index (χ4v) is 5.32. The van der Waals surface area contributed by atoms with Gasteiger partial charge >= 0.3 is 0 Å². The zero-order chi connectivity index (χ0) is 18.7. The number of rotatable bonds is 5. The highest BCUT2D eigenvalue weighted by Crippen LogP contribution is 2.36. The van der Waals surface area contributed by atoms with E-state index in [1.54, 1.807) is 0 Å². The van der Waals surface area contributed by atoms with Gasteiger partial charge < -0.3 is 5.32 Å². The van der Waals surface area contributed by atoms with Crippen molar-refractivity contribution < 1.29 is 17.6 Å². The van der Waals surface area contributed by atoms with E-state index in [1.165, 1.54) is 12.1 Å². The predicted octanol–water partition coefficient (Wildman–Crippen LogP) is 4.30. The number of benzene rings is 2. The first kappa shape index (κ1) is 18.9. The van der Waals surface area contributed by atoms with Crippen LogP contribution in [0.2, 0.25) is 5.02 Å². The third kappa shape index (κ3) is 4.24. The second-order valence-electron chi connectivity index (χ2n) is 6.37. The Labute approximate surface area is 157 Å². The van der Waals surface area contributed by atoms with E-state index in [1.807, 2.05) is 24.3 Å². The topological polar surface area (TPSA) is 63.2 Å². The standard InChI is InChI=1S/C19H19ClFNO3S/c20-14-8-9-17(16(21)12-14)22-19(23)10-11-26(24,25)18-7-3-5-13-4-1-2-6-15(13)18/h1-2,4,6,8-9,12,18H,3,5,7,10-11H2,(H,22,23). The summed E-state index contributed by atoms with van der Waals surface area (Å²) in [4.78, 5) is 12.0. The lowest BCUT2D eigenvalue weighted by Crippen LogP contribution is -2.24. The van der Waals surface area contributed by atoms with Gasteiger partial charge in [-0.1, -0.05) is 35.9 Å². The van der Waals surface area contributed by atoms with Crippen LogP contribution in [-0.2, 0) is 21.1 Å². The lowest BCUT2D eigenvalue weighted by Gasteiger charge is -2.25. The molecule has 1 aliphatic rings. The van der Waals surface area contributed by atoms with Crippen molar-refractivity contribution in [3.8, 4) is 0 Å². The zero-order valence-corrected chi connectivity index (χ0v) is 15.6. The summed E-state index contributed by atoms with van der Waals surface area (Å²) in [6.07, 6.45) is 2.03. The predicted molar refractivity (Wildman–Crippen MR) is 101 cm³/mol. The van der Waals surface area contributed by atoms with Crippen molar-refractivity contribution in [2.75, 3.05) is 11.1 Å². The smallest absolute Gasteiger partial charge is 0.225 e. The number of hydrogen-bond acceptors (Lipinski definition) is 3. The van der Waals surface area contributed by atoms with Crippen LogP contribution in [0.1, 0.15) is 35.6 Å². The Hall–Kier alpha value is -1.92. The molecule has 138 valence electrons. The van der Waals surface area contributed by atoms with Crippen molar-refractivity contribution in [3.05, 3.63) is 64.4 Å². The molecule has 26 heavy (non-hydrogen) atoms. The van der Waals surface area contributed by atoms with Crippen LogP contribution < -0.4 is 5.32 Å². The molecule has 1 N–H and O–H groups in total. The van der Waals surface area contributed by atoms with E-state index in [0.717, 1.165) is 30.0 Å². The van der Waals surface area contributed by atoms with E-state index in [4.69, 9.17) is 11.6 Å². The molecule has 0 saturated heterocycles. The molecule has 1 aliphatic carbocycles. The maximum absolute atomic E-state index is 13.7. The van der Waals surface area contributed by atoms with Gasteiger partial charge in [0.15, 0.2) is 9.84 Å². The van der Waals surface area contributed by atoms with Crippen molar-refractivity contribution in [1.82, 2.24) is 0 Å². The molecule has 0 aromatic heterocycles. The van der Waals surface area contributed by atoms with Gasteiger partial charge in [-0.2, -0.15) is 0 Å². The Morgan fingerprint density at radius 2 is 2.00 bits per heavy atom. The minimum atomic E-state index is -3.48. The highest BCUT2D eigenvalue weighted by atomic mass is 35.5. The van der Waals surface area contributed by atoms with Crippen molar-refractivity contribution in [2.24, 2.45) is 0 Å². The van der Waals surface area contributed by atoms with E-state index in [-0.39, 0.29) is 22.9 Å². The van der Waals surface area contributed by atoms with Gasteiger partial charge in [-0.15, -0.1) is 0 Å². The van der Waals surface area contributed by atoms with Crippen LogP contribution >= 0.6 is 11.6 Å². The van der Waals surface area contributed by atoms with E-state index < -0.39 is 26.8 Å². The Balaban J connectivity index is 1.66. The van der Waals surface area contributed by atoms with Crippen LogP contribution in [0.3, 0.4) is 0 Å². The van der Waals surface area contributed by atoms with Crippen LogP contribution in [0.4, 0.5) is 10.1 Å². The molecular formula is C19H19ClFNO3S. The fourth-order valence-electron chi connectivity index (χ4n) is 3.26. The molecule has 0 bridgehead atoms. The first-order chi connectivity index (χ1) is 12.4. The molecule has 0 heterocycles. The van der Waals surface area contributed by atoms with Crippen LogP contribution in [0.5, 0.6) is 0 Å². The summed E-state index contributed by atoms with van der Waals surface area (Å²) in [6, 6.07) is 11.4. The Morgan fingerprint density at radius 1 is 1.23 bits per heavy atom. The molecule has 1 atom stereocenters. The zero-order valence-electron chi connectivity index (χ0n) is 14.0. The molecule has 2 aromatic carbocycles. The molecule has 2 aromatic rings. The lowest BCUT2D eigenvalue weighted by molar-refractivity contribution is -0.115. The number of carbonyl (C=O) groups excluding carboxylic acids is 1. The lowest BCUT2D eigenvalue weighted by atomic mass is 9.91. The first-order valence-electron chi connectivity index (χ1n) is 8.41. The third-order valence-electron chi connectivity index (χ3n) is 4.57. The number of amides is 1. The molecule has 0 radical (unpaired) electrons. The van der Waals surface area contributed by atoms with Crippen molar-refractivity contribution in [3.63, 3.8) is 0 Å². The molecule has 0 saturated carbocycles.